The number of esters is 1. The van der Waals surface area contributed by atoms with Crippen LogP contribution < -0.4 is 9.47 Å². The first-order valence-electron chi connectivity index (χ1n) is 8.43. The van der Waals surface area contributed by atoms with E-state index in [1.165, 1.54) is 12.1 Å². The number of hydrogen-bond donors (Lipinski definition) is 0. The first-order valence-corrected chi connectivity index (χ1v) is 9.98. The number of ketones is 1. The van der Waals surface area contributed by atoms with Gasteiger partial charge in [0.2, 0.25) is 5.78 Å². The van der Waals surface area contributed by atoms with E-state index >= 15 is 0 Å². The van der Waals surface area contributed by atoms with Crippen LogP contribution >= 0.6 is 39.1 Å². The van der Waals surface area contributed by atoms with E-state index in [2.05, 4.69) is 15.9 Å². The Balaban J connectivity index is 1.59. The smallest absolute Gasteiger partial charge is 0.344 e. The molecular weight excluding hydrogens is 479 g/mol. The summed E-state index contributed by atoms with van der Waals surface area (Å²) in [4.78, 5) is 25.0. The maximum absolute atomic E-state index is 12.6. The largest absolute Gasteiger partial charge is 0.452 e. The average Bonchev–Trinajstić information content (AvgIpc) is 3.00. The van der Waals surface area contributed by atoms with E-state index in [9.17, 15) is 9.59 Å². The topological polar surface area (TPSA) is 52.6 Å². The van der Waals surface area contributed by atoms with Gasteiger partial charge in [-0.2, -0.15) is 0 Å². The third kappa shape index (κ3) is 3.94. The molecule has 0 N–H and O–H groups in total. The fourth-order valence-corrected chi connectivity index (χ4v) is 3.60. The van der Waals surface area contributed by atoms with Gasteiger partial charge in [0, 0.05) is 10.5 Å². The van der Waals surface area contributed by atoms with Gasteiger partial charge in [0.1, 0.15) is 11.5 Å². The van der Waals surface area contributed by atoms with Crippen molar-refractivity contribution in [1.82, 2.24) is 0 Å². The molecule has 0 spiro atoms. The molecule has 0 bridgehead atoms. The van der Waals surface area contributed by atoms with Crippen LogP contribution in [0.1, 0.15) is 26.3 Å². The Morgan fingerprint density at radius 2 is 1.83 bits per heavy atom. The maximum Gasteiger partial charge on any atom is 0.344 e. The summed E-state index contributed by atoms with van der Waals surface area (Å²) < 4.78 is 11.7. The quantitative estimate of drug-likeness (QED) is 0.236. The number of fused-ring (bicyclic) bond motifs is 1. The van der Waals surface area contributed by atoms with Gasteiger partial charge in [-0.1, -0.05) is 47.5 Å². The van der Waals surface area contributed by atoms with Crippen molar-refractivity contribution in [2.24, 2.45) is 0 Å². The van der Waals surface area contributed by atoms with Crippen LogP contribution in [0.5, 0.6) is 11.5 Å². The number of halogens is 3. The molecule has 1 aliphatic heterocycles. The van der Waals surface area contributed by atoms with Crippen molar-refractivity contribution in [2.75, 3.05) is 0 Å². The molecule has 29 heavy (non-hydrogen) atoms. The maximum atomic E-state index is 12.6. The predicted octanol–water partition coefficient (Wildman–Crippen LogP) is 6.59. The zero-order valence-electron chi connectivity index (χ0n) is 14.6. The van der Waals surface area contributed by atoms with Crippen LogP contribution in [0, 0.1) is 0 Å². The van der Waals surface area contributed by atoms with Crippen LogP contribution in [0.4, 0.5) is 0 Å². The highest BCUT2D eigenvalue weighted by molar-refractivity contribution is 9.10. The molecule has 144 valence electrons. The molecule has 0 amide bonds. The summed E-state index contributed by atoms with van der Waals surface area (Å²) in [5.41, 5.74) is 1.33. The lowest BCUT2D eigenvalue weighted by molar-refractivity contribution is 0.0733. The molecule has 1 heterocycles. The molecule has 4 nitrogen and oxygen atoms in total. The van der Waals surface area contributed by atoms with Crippen molar-refractivity contribution >= 4 is 57.0 Å². The molecule has 0 unspecified atom stereocenters. The van der Waals surface area contributed by atoms with E-state index in [1.54, 1.807) is 54.6 Å². The molecule has 3 aromatic rings. The van der Waals surface area contributed by atoms with Crippen LogP contribution in [-0.4, -0.2) is 11.8 Å². The van der Waals surface area contributed by atoms with Crippen LogP contribution in [0.15, 0.2) is 70.9 Å². The highest BCUT2D eigenvalue weighted by Gasteiger charge is 2.28. The number of hydrogen-bond acceptors (Lipinski definition) is 4. The monoisotopic (exact) mass is 488 g/mol. The van der Waals surface area contributed by atoms with E-state index in [4.69, 9.17) is 32.7 Å². The highest BCUT2D eigenvalue weighted by Crippen LogP contribution is 2.36. The van der Waals surface area contributed by atoms with E-state index in [0.29, 0.717) is 37.0 Å². The molecule has 0 aromatic heterocycles. The fraction of sp³-hybridized carbons (Fsp3) is 0. The highest BCUT2D eigenvalue weighted by atomic mass is 79.9. The standard InChI is InChI=1S/C22H11BrCl2O4/c23-16-6-2-1-5-14(16)22(27)28-13-8-9-15-18(11-13)29-19(21(15)26)10-12-4-3-7-17(24)20(12)25/h1-11H. The summed E-state index contributed by atoms with van der Waals surface area (Å²) in [5.74, 6) is -0.141. The molecule has 3 aromatic carbocycles. The van der Waals surface area contributed by atoms with Crippen LogP contribution in [-0.2, 0) is 0 Å². The first kappa shape index (κ1) is 19.7. The molecular formula is C22H11BrCl2O4. The summed E-state index contributed by atoms with van der Waals surface area (Å²) in [6.45, 7) is 0. The Morgan fingerprint density at radius 1 is 1.03 bits per heavy atom. The minimum Gasteiger partial charge on any atom is -0.452 e. The first-order chi connectivity index (χ1) is 13.9. The van der Waals surface area contributed by atoms with Crippen molar-refractivity contribution in [1.29, 1.82) is 0 Å². The number of allylic oxidation sites excluding steroid dienone is 1. The summed E-state index contributed by atoms with van der Waals surface area (Å²) in [6.07, 6.45) is 1.53. The molecule has 1 aliphatic rings. The number of carbonyl (C=O) groups is 2. The minimum atomic E-state index is -0.525. The average molecular weight is 490 g/mol. The van der Waals surface area contributed by atoms with Crippen molar-refractivity contribution in [3.63, 3.8) is 0 Å². The zero-order valence-corrected chi connectivity index (χ0v) is 17.7. The second-order valence-corrected chi connectivity index (χ2v) is 7.75. The van der Waals surface area contributed by atoms with Gasteiger partial charge in [-0.15, -0.1) is 0 Å². The summed E-state index contributed by atoms with van der Waals surface area (Å²) in [7, 11) is 0. The van der Waals surface area contributed by atoms with E-state index in [1.807, 2.05) is 0 Å². The third-order valence-electron chi connectivity index (χ3n) is 4.21. The van der Waals surface area contributed by atoms with E-state index < -0.39 is 5.97 Å². The molecule has 0 saturated heterocycles. The Morgan fingerprint density at radius 3 is 2.62 bits per heavy atom. The minimum absolute atomic E-state index is 0.110. The number of ether oxygens (including phenoxy) is 2. The Hall–Kier alpha value is -2.60. The van der Waals surface area contributed by atoms with Crippen molar-refractivity contribution in [3.05, 3.63) is 97.6 Å². The molecule has 0 radical (unpaired) electrons. The van der Waals surface area contributed by atoms with Gasteiger partial charge < -0.3 is 9.47 Å². The summed E-state index contributed by atoms with van der Waals surface area (Å²) in [6, 6.07) is 16.7. The van der Waals surface area contributed by atoms with E-state index in [0.717, 1.165) is 0 Å². The van der Waals surface area contributed by atoms with Gasteiger partial charge >= 0.3 is 5.97 Å². The second kappa shape index (κ2) is 8.03. The molecule has 4 rings (SSSR count). The lowest BCUT2D eigenvalue weighted by Crippen LogP contribution is -2.09. The summed E-state index contributed by atoms with van der Waals surface area (Å²) >= 11 is 15.5. The van der Waals surface area contributed by atoms with Crippen LogP contribution in [0.3, 0.4) is 0 Å². The van der Waals surface area contributed by atoms with Crippen LogP contribution in [0.2, 0.25) is 10.0 Å². The number of rotatable bonds is 3. The molecule has 0 fully saturated rings. The Labute approximate surface area is 184 Å². The normalized spacial score (nSPS) is 13.9. The fourth-order valence-electron chi connectivity index (χ4n) is 2.79. The number of Topliss-reactive ketones (excluding diaryl/α,β-unsaturated/α-hetero) is 1. The molecule has 0 aliphatic carbocycles. The Bertz CT molecular complexity index is 1190. The van der Waals surface area contributed by atoms with Crippen molar-refractivity contribution in [2.45, 2.75) is 0 Å². The Kier molecular flexibility index (Phi) is 5.46. The summed E-state index contributed by atoms with van der Waals surface area (Å²) in [5, 5.41) is 0.710. The van der Waals surface area contributed by atoms with Gasteiger partial charge in [0.15, 0.2) is 5.76 Å². The predicted molar refractivity (Wildman–Crippen MR) is 115 cm³/mol. The van der Waals surface area contributed by atoms with Crippen LogP contribution in [0.25, 0.3) is 6.08 Å². The van der Waals surface area contributed by atoms with Crippen molar-refractivity contribution < 1.29 is 19.1 Å². The lowest BCUT2D eigenvalue weighted by atomic mass is 10.1. The molecule has 7 heteroatoms. The van der Waals surface area contributed by atoms with Gasteiger partial charge in [-0.05, 0) is 57.9 Å². The van der Waals surface area contributed by atoms with Gasteiger partial charge in [0.05, 0.1) is 21.2 Å². The van der Waals surface area contributed by atoms with E-state index in [-0.39, 0.29) is 17.3 Å². The third-order valence-corrected chi connectivity index (χ3v) is 5.74. The van der Waals surface area contributed by atoms with Gasteiger partial charge in [-0.25, -0.2) is 4.79 Å². The number of carbonyl (C=O) groups excluding carboxylic acids is 2. The van der Waals surface area contributed by atoms with Gasteiger partial charge in [-0.3, -0.25) is 4.79 Å². The molecule has 0 atom stereocenters. The SMILES string of the molecule is O=C(Oc1ccc2c(c1)OC(=Cc1cccc(Cl)c1Cl)C2=O)c1ccccc1Br. The van der Waals surface area contributed by atoms with Crippen molar-refractivity contribution in [3.8, 4) is 11.5 Å². The van der Waals surface area contributed by atoms with Gasteiger partial charge in [0.25, 0.3) is 0 Å². The lowest BCUT2D eigenvalue weighted by Gasteiger charge is -2.07. The zero-order chi connectivity index (χ0) is 20.5. The second-order valence-electron chi connectivity index (χ2n) is 6.11. The number of benzene rings is 3. The molecule has 0 saturated carbocycles.